The second kappa shape index (κ2) is 10.8. The van der Waals surface area contributed by atoms with Crippen LogP contribution >= 0.6 is 0 Å². The lowest BCUT2D eigenvalue weighted by molar-refractivity contribution is 0.102. The minimum absolute atomic E-state index is 0.00832. The van der Waals surface area contributed by atoms with Crippen LogP contribution in [0.5, 0.6) is 0 Å². The Hall–Kier alpha value is -3.34. The lowest BCUT2D eigenvalue weighted by atomic mass is 9.71. The summed E-state index contributed by atoms with van der Waals surface area (Å²) in [5.41, 5.74) is 0.422. The van der Waals surface area contributed by atoms with Crippen molar-refractivity contribution in [2.24, 2.45) is 11.3 Å². The van der Waals surface area contributed by atoms with Crippen molar-refractivity contribution in [3.05, 3.63) is 42.2 Å². The van der Waals surface area contributed by atoms with Gasteiger partial charge in [-0.05, 0) is 49.1 Å². The molecule has 1 amide bonds. The van der Waals surface area contributed by atoms with Crippen LogP contribution in [-0.4, -0.2) is 52.0 Å². The number of carbonyl (C=O) groups excluding carboxylic acids is 1. The Bertz CT molecular complexity index is 1250. The zero-order chi connectivity index (χ0) is 26.9. The molecule has 38 heavy (non-hydrogen) atoms. The quantitative estimate of drug-likeness (QED) is 0.436. The standard InChI is InChI=1S/C27H34F2N6O3/c1-27(2,3)18-4-6-19(7-5-18)35-15-20(23(33-35)24(28)29)31-25(36)21-16-38-26(32-21)17-8-9-30-22(14-17)34-10-12-37-13-11-34/h8-9,14-16,18-19,24H,4-7,10-13H2,1-3H3,(H,31,36)/t18-,19-. The Morgan fingerprint density at radius 1 is 1.16 bits per heavy atom. The number of pyridine rings is 1. The highest BCUT2D eigenvalue weighted by Gasteiger charge is 2.32. The first-order valence-electron chi connectivity index (χ1n) is 13.1. The maximum atomic E-state index is 13.8. The summed E-state index contributed by atoms with van der Waals surface area (Å²) in [6.45, 7) is 9.43. The Kier molecular flexibility index (Phi) is 7.47. The number of alkyl halides is 2. The van der Waals surface area contributed by atoms with Gasteiger partial charge in [0.15, 0.2) is 11.4 Å². The van der Waals surface area contributed by atoms with Crippen LogP contribution in [0.4, 0.5) is 20.3 Å². The van der Waals surface area contributed by atoms with Gasteiger partial charge in [-0.2, -0.15) is 5.10 Å². The Morgan fingerprint density at radius 3 is 2.58 bits per heavy atom. The molecule has 3 aromatic rings. The van der Waals surface area contributed by atoms with Crippen LogP contribution in [-0.2, 0) is 4.74 Å². The van der Waals surface area contributed by atoms with E-state index in [2.05, 4.69) is 46.1 Å². The van der Waals surface area contributed by atoms with Crippen LogP contribution in [0, 0.1) is 11.3 Å². The SMILES string of the molecule is CC(C)(C)[C@H]1CC[C@H](n2cc(NC(=O)c3coc(-c4ccnc(N5CCOCC5)c4)n3)c(C(F)F)n2)CC1. The largest absolute Gasteiger partial charge is 0.444 e. The molecule has 11 heteroatoms. The van der Waals surface area contributed by atoms with E-state index in [9.17, 15) is 13.6 Å². The van der Waals surface area contributed by atoms with Crippen LogP contribution in [0.15, 0.2) is 35.2 Å². The van der Waals surface area contributed by atoms with Gasteiger partial charge in [0.1, 0.15) is 12.1 Å². The van der Waals surface area contributed by atoms with Gasteiger partial charge >= 0.3 is 0 Å². The van der Waals surface area contributed by atoms with Gasteiger partial charge in [0.05, 0.1) is 24.9 Å². The summed E-state index contributed by atoms with van der Waals surface area (Å²) in [6.07, 6.45) is 5.34. The monoisotopic (exact) mass is 528 g/mol. The first kappa shape index (κ1) is 26.3. The number of hydrogen-bond acceptors (Lipinski definition) is 7. The van der Waals surface area contributed by atoms with E-state index in [1.165, 1.54) is 12.5 Å². The second-order valence-corrected chi connectivity index (χ2v) is 11.1. The molecule has 0 atom stereocenters. The number of aromatic nitrogens is 4. The van der Waals surface area contributed by atoms with Crippen LogP contribution in [0.1, 0.15) is 75.1 Å². The molecule has 1 aliphatic heterocycles. The summed E-state index contributed by atoms with van der Waals surface area (Å²) in [5.74, 6) is 0.961. The van der Waals surface area contributed by atoms with E-state index >= 15 is 0 Å². The topological polar surface area (TPSA) is 98.3 Å². The third-order valence-corrected chi connectivity index (χ3v) is 7.58. The summed E-state index contributed by atoms with van der Waals surface area (Å²) < 4.78 is 40.2. The van der Waals surface area contributed by atoms with Gasteiger partial charge in [-0.3, -0.25) is 9.48 Å². The number of hydrogen-bond donors (Lipinski definition) is 1. The fraction of sp³-hybridized carbons (Fsp3) is 0.556. The minimum atomic E-state index is -2.82. The van der Waals surface area contributed by atoms with Gasteiger partial charge < -0.3 is 19.4 Å². The van der Waals surface area contributed by atoms with E-state index in [0.29, 0.717) is 24.7 Å². The van der Waals surface area contributed by atoms with E-state index in [1.807, 2.05) is 6.07 Å². The molecule has 0 spiro atoms. The molecule has 2 fully saturated rings. The van der Waals surface area contributed by atoms with E-state index in [-0.39, 0.29) is 28.7 Å². The van der Waals surface area contributed by atoms with Gasteiger partial charge in [0.2, 0.25) is 5.89 Å². The third kappa shape index (κ3) is 5.72. The number of nitrogens with zero attached hydrogens (tertiary/aromatic N) is 5. The molecule has 3 aromatic heterocycles. The first-order chi connectivity index (χ1) is 18.2. The van der Waals surface area contributed by atoms with Crippen molar-refractivity contribution in [3.63, 3.8) is 0 Å². The highest BCUT2D eigenvalue weighted by atomic mass is 19.3. The van der Waals surface area contributed by atoms with Gasteiger partial charge in [-0.1, -0.05) is 20.8 Å². The zero-order valence-electron chi connectivity index (χ0n) is 22.0. The Balaban J connectivity index is 1.29. The lowest BCUT2D eigenvalue weighted by Gasteiger charge is -2.37. The molecule has 9 nitrogen and oxygen atoms in total. The number of amides is 1. The summed E-state index contributed by atoms with van der Waals surface area (Å²) >= 11 is 0. The molecule has 0 aromatic carbocycles. The van der Waals surface area contributed by atoms with E-state index < -0.39 is 18.0 Å². The maximum absolute atomic E-state index is 13.8. The number of ether oxygens (including phenoxy) is 1. The molecule has 4 heterocycles. The van der Waals surface area contributed by atoms with Crippen LogP contribution < -0.4 is 10.2 Å². The molecular weight excluding hydrogens is 494 g/mol. The minimum Gasteiger partial charge on any atom is -0.444 e. The van der Waals surface area contributed by atoms with Gasteiger partial charge in [-0.25, -0.2) is 18.7 Å². The Morgan fingerprint density at radius 2 is 1.89 bits per heavy atom. The summed E-state index contributed by atoms with van der Waals surface area (Å²) in [7, 11) is 0. The van der Waals surface area contributed by atoms with E-state index in [4.69, 9.17) is 9.15 Å². The van der Waals surface area contributed by atoms with Crippen LogP contribution in [0.2, 0.25) is 0 Å². The molecular formula is C27H34F2N6O3. The summed E-state index contributed by atoms with van der Waals surface area (Å²) in [4.78, 5) is 23.7. The summed E-state index contributed by atoms with van der Waals surface area (Å²) in [6, 6.07) is 3.61. The normalized spacial score (nSPS) is 20.6. The number of oxazole rings is 1. The maximum Gasteiger partial charge on any atom is 0.284 e. The van der Waals surface area contributed by atoms with Crippen molar-refractivity contribution in [2.45, 2.75) is 58.9 Å². The fourth-order valence-electron chi connectivity index (χ4n) is 5.27. The number of carbonyl (C=O) groups is 1. The van der Waals surface area contributed by atoms with Gasteiger partial charge in [0.25, 0.3) is 12.3 Å². The molecule has 5 rings (SSSR count). The van der Waals surface area contributed by atoms with Crippen LogP contribution in [0.3, 0.4) is 0 Å². The zero-order valence-corrected chi connectivity index (χ0v) is 22.0. The molecule has 0 bridgehead atoms. The van der Waals surface area contributed by atoms with Crippen molar-refractivity contribution < 1.29 is 22.7 Å². The number of halogens is 2. The van der Waals surface area contributed by atoms with Crippen molar-refractivity contribution in [1.29, 1.82) is 0 Å². The predicted molar refractivity (Wildman–Crippen MR) is 138 cm³/mol. The average molecular weight is 529 g/mol. The van der Waals surface area contributed by atoms with Gasteiger partial charge in [-0.15, -0.1) is 0 Å². The number of nitrogens with one attached hydrogen (secondary N) is 1. The lowest BCUT2D eigenvalue weighted by Crippen LogP contribution is -2.36. The molecule has 1 saturated carbocycles. The molecule has 2 aliphatic rings. The smallest absolute Gasteiger partial charge is 0.284 e. The highest BCUT2D eigenvalue weighted by Crippen LogP contribution is 2.42. The average Bonchev–Trinajstić information content (AvgIpc) is 3.57. The first-order valence-corrected chi connectivity index (χ1v) is 13.1. The molecule has 1 N–H and O–H groups in total. The number of morpholine rings is 1. The molecule has 0 unspecified atom stereocenters. The molecule has 204 valence electrons. The van der Waals surface area contributed by atoms with Crippen molar-refractivity contribution >= 4 is 17.4 Å². The van der Waals surface area contributed by atoms with E-state index in [0.717, 1.165) is 44.6 Å². The van der Waals surface area contributed by atoms with Gasteiger partial charge in [0, 0.05) is 31.0 Å². The van der Waals surface area contributed by atoms with Crippen molar-refractivity contribution in [1.82, 2.24) is 19.7 Å². The van der Waals surface area contributed by atoms with Crippen molar-refractivity contribution in [2.75, 3.05) is 36.5 Å². The number of anilines is 2. The molecule has 0 radical (unpaired) electrons. The van der Waals surface area contributed by atoms with Crippen molar-refractivity contribution in [3.8, 4) is 11.5 Å². The molecule has 1 aliphatic carbocycles. The molecule has 1 saturated heterocycles. The second-order valence-electron chi connectivity index (χ2n) is 11.1. The Labute approximate surface area is 220 Å². The van der Waals surface area contributed by atoms with Crippen LogP contribution in [0.25, 0.3) is 11.5 Å². The summed E-state index contributed by atoms with van der Waals surface area (Å²) in [5, 5.41) is 6.73. The predicted octanol–water partition coefficient (Wildman–Crippen LogP) is 5.74. The number of rotatable bonds is 6. The third-order valence-electron chi connectivity index (χ3n) is 7.58. The highest BCUT2D eigenvalue weighted by molar-refractivity contribution is 6.03. The fourth-order valence-corrected chi connectivity index (χ4v) is 5.27. The van der Waals surface area contributed by atoms with E-state index in [1.54, 1.807) is 16.9 Å².